The molecule has 0 bridgehead atoms. The highest BCUT2D eigenvalue weighted by atomic mass is 19.4. The second-order valence-electron chi connectivity index (χ2n) is 6.74. The van der Waals surface area contributed by atoms with E-state index in [9.17, 15) is 31.4 Å². The van der Waals surface area contributed by atoms with Gasteiger partial charge in [-0.05, 0) is 38.1 Å². The second-order valence-corrected chi connectivity index (χ2v) is 6.74. The average molecular weight is 474 g/mol. The molecule has 0 radical (unpaired) electrons. The number of guanidine groups is 1. The zero-order valence-corrected chi connectivity index (χ0v) is 17.5. The minimum absolute atomic E-state index is 0.0477. The highest BCUT2D eigenvalue weighted by molar-refractivity contribution is 6.03. The number of hydrogen-bond donors (Lipinski definition) is 3. The summed E-state index contributed by atoms with van der Waals surface area (Å²) >= 11 is 0. The van der Waals surface area contributed by atoms with Crippen LogP contribution in [0.25, 0.3) is 5.70 Å². The van der Waals surface area contributed by atoms with Crippen LogP contribution in [-0.2, 0) is 12.4 Å². The Hall–Kier alpha value is -3.48. The predicted molar refractivity (Wildman–Crippen MR) is 111 cm³/mol. The van der Waals surface area contributed by atoms with Gasteiger partial charge in [0, 0.05) is 11.9 Å². The lowest BCUT2D eigenvalue weighted by atomic mass is 10.2. The molecule has 2 aromatic heterocycles. The highest BCUT2D eigenvalue weighted by Gasteiger charge is 2.33. The maximum Gasteiger partial charge on any atom is 0.433 e. The van der Waals surface area contributed by atoms with Crippen molar-refractivity contribution in [2.75, 3.05) is 11.9 Å². The Morgan fingerprint density at radius 3 is 2.39 bits per heavy atom. The third-order valence-corrected chi connectivity index (χ3v) is 3.87. The smallest absolute Gasteiger partial charge is 0.394 e. The van der Waals surface area contributed by atoms with Gasteiger partial charge in [-0.15, -0.1) is 0 Å². The van der Waals surface area contributed by atoms with Crippen molar-refractivity contribution in [3.8, 4) is 0 Å². The Balaban J connectivity index is 2.27. The molecule has 13 heteroatoms. The van der Waals surface area contributed by atoms with Gasteiger partial charge in [-0.1, -0.05) is 12.6 Å². The van der Waals surface area contributed by atoms with Gasteiger partial charge >= 0.3 is 12.4 Å². The lowest BCUT2D eigenvalue weighted by Crippen LogP contribution is -2.25. The van der Waals surface area contributed by atoms with E-state index in [1.54, 1.807) is 6.92 Å². The maximum atomic E-state index is 12.9. The van der Waals surface area contributed by atoms with Crippen LogP contribution in [0.3, 0.4) is 0 Å². The summed E-state index contributed by atoms with van der Waals surface area (Å²) in [6.07, 6.45) is -8.32. The van der Waals surface area contributed by atoms with Crippen LogP contribution in [0.5, 0.6) is 0 Å². The van der Waals surface area contributed by atoms with Gasteiger partial charge in [0.2, 0.25) is 5.96 Å². The van der Waals surface area contributed by atoms with Crippen LogP contribution in [0.15, 0.2) is 53.1 Å². The molecule has 7 nitrogen and oxygen atoms in total. The third-order valence-electron chi connectivity index (χ3n) is 3.87. The molecule has 0 saturated carbocycles. The van der Waals surface area contributed by atoms with Gasteiger partial charge in [-0.25, -0.2) is 15.0 Å². The Labute approximate surface area is 185 Å². The Kier molecular flexibility index (Phi) is 8.14. The van der Waals surface area contributed by atoms with E-state index in [2.05, 4.69) is 37.2 Å². The summed E-state index contributed by atoms with van der Waals surface area (Å²) in [4.78, 5) is 15.0. The maximum absolute atomic E-state index is 12.9. The van der Waals surface area contributed by atoms with Crippen LogP contribution in [0.2, 0.25) is 0 Å². The molecule has 3 N–H and O–H groups in total. The van der Waals surface area contributed by atoms with Crippen molar-refractivity contribution < 1.29 is 31.4 Å². The number of pyridine rings is 2. The number of halogens is 6. The molecule has 0 aliphatic carbocycles. The number of aliphatic hydroxyl groups is 1. The minimum atomic E-state index is -4.66. The number of alkyl halides is 6. The van der Waals surface area contributed by atoms with Crippen LogP contribution in [0, 0.1) is 0 Å². The van der Waals surface area contributed by atoms with E-state index in [4.69, 9.17) is 0 Å². The normalized spacial score (nSPS) is 14.1. The number of rotatable bonds is 5. The van der Waals surface area contributed by atoms with Crippen LogP contribution in [0.1, 0.15) is 30.9 Å². The van der Waals surface area contributed by atoms with Crippen molar-refractivity contribution >= 4 is 23.2 Å². The fourth-order valence-corrected chi connectivity index (χ4v) is 2.36. The molecule has 1 atom stereocenters. The molecule has 2 rings (SSSR count). The number of nitrogens with zero attached hydrogens (tertiary/aromatic N) is 4. The predicted octanol–water partition coefficient (Wildman–Crippen LogP) is 4.34. The van der Waals surface area contributed by atoms with E-state index in [1.165, 1.54) is 19.1 Å². The lowest BCUT2D eigenvalue weighted by molar-refractivity contribution is -0.141. The number of aliphatic hydroxyl groups excluding tert-OH is 1. The summed E-state index contributed by atoms with van der Waals surface area (Å²) in [5, 5.41) is 14.5. The molecule has 0 aliphatic heterocycles. The number of hydrogen-bond acceptors (Lipinski definition) is 4. The quantitative estimate of drug-likeness (QED) is 0.341. The summed E-state index contributed by atoms with van der Waals surface area (Å²) in [5.41, 5.74) is -2.37. The van der Waals surface area contributed by atoms with Crippen molar-refractivity contribution in [3.63, 3.8) is 0 Å². The largest absolute Gasteiger partial charge is 0.433 e. The van der Waals surface area contributed by atoms with Crippen molar-refractivity contribution in [3.05, 3.63) is 60.2 Å². The molecule has 0 saturated heterocycles. The van der Waals surface area contributed by atoms with Gasteiger partial charge < -0.3 is 15.7 Å². The topological polar surface area (TPSA) is 94.8 Å². The van der Waals surface area contributed by atoms with Gasteiger partial charge in [0.1, 0.15) is 17.2 Å². The third kappa shape index (κ3) is 7.86. The van der Waals surface area contributed by atoms with Crippen molar-refractivity contribution in [2.24, 2.45) is 9.98 Å². The first-order chi connectivity index (χ1) is 15.3. The first kappa shape index (κ1) is 25.8. The lowest BCUT2D eigenvalue weighted by Gasteiger charge is -2.14. The summed E-state index contributed by atoms with van der Waals surface area (Å²) in [6.45, 7) is 6.26. The molecule has 0 amide bonds. The zero-order valence-electron chi connectivity index (χ0n) is 17.5. The molecular weight excluding hydrogens is 454 g/mol. The number of nitrogens with one attached hydrogen (secondary N) is 2. The Morgan fingerprint density at radius 1 is 1.12 bits per heavy atom. The van der Waals surface area contributed by atoms with Gasteiger partial charge in [0.05, 0.1) is 24.0 Å². The standard InChI is InChI=1S/C20H20F6N6O/c1-11(10-33)28-18(29-12(2)15-5-4-6-16(32-15)19(21,22)23)31-13(3)30-14-7-8-27-17(9-14)20(24,25)26/h4-9,11,33H,2,10H2,1,3H3,(H2,27,28,29,30,31). The van der Waals surface area contributed by atoms with Crippen molar-refractivity contribution in [2.45, 2.75) is 32.2 Å². The fraction of sp³-hybridized carbons (Fsp3) is 0.300. The molecule has 2 aromatic rings. The van der Waals surface area contributed by atoms with E-state index >= 15 is 0 Å². The summed E-state index contributed by atoms with van der Waals surface area (Å²) in [7, 11) is 0. The summed E-state index contributed by atoms with van der Waals surface area (Å²) in [5.74, 6) is -0.0635. The summed E-state index contributed by atoms with van der Waals surface area (Å²) in [6, 6.07) is 4.68. The van der Waals surface area contributed by atoms with Gasteiger partial charge in [-0.3, -0.25) is 4.98 Å². The van der Waals surface area contributed by atoms with Crippen molar-refractivity contribution in [1.29, 1.82) is 0 Å². The van der Waals surface area contributed by atoms with Crippen LogP contribution in [0.4, 0.5) is 32.0 Å². The highest BCUT2D eigenvalue weighted by Crippen LogP contribution is 2.29. The van der Waals surface area contributed by atoms with Crippen LogP contribution in [-0.4, -0.2) is 39.5 Å². The second kappa shape index (κ2) is 10.4. The van der Waals surface area contributed by atoms with E-state index in [1.807, 2.05) is 0 Å². The monoisotopic (exact) mass is 474 g/mol. The number of anilines is 1. The molecule has 1 unspecified atom stereocenters. The number of amidine groups is 1. The fourth-order valence-electron chi connectivity index (χ4n) is 2.36. The molecule has 2 heterocycles. The molecule has 0 spiro atoms. The minimum Gasteiger partial charge on any atom is -0.394 e. The molecule has 0 aromatic carbocycles. The molecule has 0 fully saturated rings. The van der Waals surface area contributed by atoms with E-state index < -0.39 is 29.8 Å². The molecule has 0 aliphatic rings. The number of aromatic nitrogens is 2. The van der Waals surface area contributed by atoms with E-state index in [0.717, 1.165) is 24.4 Å². The SMILES string of the molecule is C=C(NC(N=C(C)Nc1ccnc(C(F)(F)F)c1)=NC(C)CO)c1cccc(C(F)(F)F)n1. The van der Waals surface area contributed by atoms with Crippen molar-refractivity contribution in [1.82, 2.24) is 15.3 Å². The van der Waals surface area contributed by atoms with E-state index in [-0.39, 0.29) is 35.5 Å². The van der Waals surface area contributed by atoms with Crippen LogP contribution < -0.4 is 10.6 Å². The van der Waals surface area contributed by atoms with Gasteiger partial charge in [0.25, 0.3) is 0 Å². The first-order valence-corrected chi connectivity index (χ1v) is 9.34. The number of aliphatic imine (C=N–C) groups is 2. The van der Waals surface area contributed by atoms with E-state index in [0.29, 0.717) is 0 Å². The summed E-state index contributed by atoms with van der Waals surface area (Å²) < 4.78 is 77.3. The van der Waals surface area contributed by atoms with Crippen LogP contribution >= 0.6 is 0 Å². The Morgan fingerprint density at radius 2 is 1.79 bits per heavy atom. The first-order valence-electron chi connectivity index (χ1n) is 9.34. The molecule has 33 heavy (non-hydrogen) atoms. The zero-order chi connectivity index (χ0) is 24.8. The average Bonchev–Trinajstić information content (AvgIpc) is 2.72. The Bertz CT molecular complexity index is 1050. The van der Waals surface area contributed by atoms with Gasteiger partial charge in [0.15, 0.2) is 0 Å². The molecular formula is C20H20F6N6O. The molecule has 178 valence electrons. The van der Waals surface area contributed by atoms with Gasteiger partial charge in [-0.2, -0.15) is 26.3 Å².